The molecule has 3 aromatic rings. The van der Waals surface area contributed by atoms with E-state index in [9.17, 15) is 22.0 Å². The van der Waals surface area contributed by atoms with Crippen LogP contribution in [0.5, 0.6) is 5.75 Å². The van der Waals surface area contributed by atoms with Crippen LogP contribution in [0.15, 0.2) is 60.7 Å². The van der Waals surface area contributed by atoms with Gasteiger partial charge in [-0.05, 0) is 67.0 Å². The molecule has 1 aliphatic carbocycles. The molecule has 1 saturated carbocycles. The predicted molar refractivity (Wildman–Crippen MR) is 137 cm³/mol. The summed E-state index contributed by atoms with van der Waals surface area (Å²) < 4.78 is 114. The largest absolute Gasteiger partial charge is 0.432 e. The summed E-state index contributed by atoms with van der Waals surface area (Å²) in [6, 6.07) is 12.7. The molecular formula is C31H29F7O3. The van der Waals surface area contributed by atoms with Gasteiger partial charge in [-0.25, -0.2) is 8.78 Å². The van der Waals surface area contributed by atoms with Crippen LogP contribution >= 0.6 is 0 Å². The van der Waals surface area contributed by atoms with E-state index in [0.29, 0.717) is 44.1 Å². The first-order valence-corrected chi connectivity index (χ1v) is 13.5. The molecule has 0 aromatic heterocycles. The second kappa shape index (κ2) is 11.6. The van der Waals surface area contributed by atoms with Gasteiger partial charge in [0.25, 0.3) is 0 Å². The second-order valence-corrected chi connectivity index (χ2v) is 10.8. The molecule has 1 aliphatic heterocycles. The molecule has 0 bridgehead atoms. The Bertz CT molecular complexity index is 1340. The number of halogens is 7. The number of benzene rings is 3. The maximum atomic E-state index is 15.0. The fourth-order valence-corrected chi connectivity index (χ4v) is 5.43. The first-order chi connectivity index (χ1) is 19.4. The topological polar surface area (TPSA) is 27.7 Å². The van der Waals surface area contributed by atoms with Crippen molar-refractivity contribution in [2.45, 2.75) is 57.1 Å². The minimum atomic E-state index is -4.90. The van der Waals surface area contributed by atoms with Gasteiger partial charge < -0.3 is 14.2 Å². The van der Waals surface area contributed by atoms with E-state index >= 15 is 8.78 Å². The Morgan fingerprint density at radius 3 is 1.95 bits per heavy atom. The highest BCUT2D eigenvalue weighted by Gasteiger charge is 2.44. The summed E-state index contributed by atoms with van der Waals surface area (Å²) in [7, 11) is 0. The second-order valence-electron chi connectivity index (χ2n) is 10.8. The van der Waals surface area contributed by atoms with Crippen molar-refractivity contribution in [2.24, 2.45) is 11.8 Å². The molecule has 10 heteroatoms. The van der Waals surface area contributed by atoms with E-state index in [1.165, 1.54) is 0 Å². The zero-order valence-electron chi connectivity index (χ0n) is 22.2. The highest BCUT2D eigenvalue weighted by atomic mass is 19.4. The summed E-state index contributed by atoms with van der Waals surface area (Å²) in [4.78, 5) is 0. The Morgan fingerprint density at radius 2 is 1.37 bits per heavy atom. The van der Waals surface area contributed by atoms with E-state index in [1.54, 1.807) is 0 Å². The first-order valence-electron chi connectivity index (χ1n) is 13.5. The van der Waals surface area contributed by atoms with Crippen LogP contribution < -0.4 is 4.74 Å². The van der Waals surface area contributed by atoms with Crippen molar-refractivity contribution in [1.82, 2.24) is 0 Å². The van der Waals surface area contributed by atoms with Gasteiger partial charge in [-0.2, -0.15) is 22.0 Å². The summed E-state index contributed by atoms with van der Waals surface area (Å²) in [6.07, 6.45) is -7.38. The molecule has 2 fully saturated rings. The third-order valence-electron chi connectivity index (χ3n) is 7.73. The molecule has 0 amide bonds. The highest BCUT2D eigenvalue weighted by Crippen LogP contribution is 2.44. The van der Waals surface area contributed by atoms with Crippen LogP contribution in [0.2, 0.25) is 0 Å². The Labute approximate surface area is 233 Å². The molecule has 3 aromatic carbocycles. The molecular weight excluding hydrogens is 553 g/mol. The SMILES string of the molecule is CC1COC(c2ccc(C3CCC(C(F)(F)Oc4ccc(-c5ccc(C(F)(F)F)c(F)c5)c(F)c4)CC3)cc2)OC1. The number of hydrogen-bond donors (Lipinski definition) is 0. The lowest BCUT2D eigenvalue weighted by atomic mass is 9.78. The van der Waals surface area contributed by atoms with Crippen LogP contribution in [0, 0.1) is 23.5 Å². The molecule has 0 radical (unpaired) electrons. The maximum absolute atomic E-state index is 15.0. The zero-order valence-corrected chi connectivity index (χ0v) is 22.2. The maximum Gasteiger partial charge on any atom is 0.419 e. The van der Waals surface area contributed by atoms with Gasteiger partial charge in [-0.15, -0.1) is 0 Å². The zero-order chi connectivity index (χ0) is 29.4. The summed E-state index contributed by atoms with van der Waals surface area (Å²) in [5, 5.41) is 0. The monoisotopic (exact) mass is 582 g/mol. The van der Waals surface area contributed by atoms with E-state index in [-0.39, 0.29) is 29.9 Å². The van der Waals surface area contributed by atoms with Crippen LogP contribution in [0.4, 0.5) is 30.7 Å². The van der Waals surface area contributed by atoms with Crippen molar-refractivity contribution in [3.8, 4) is 16.9 Å². The minimum absolute atomic E-state index is 0.116. The molecule has 0 atom stereocenters. The van der Waals surface area contributed by atoms with Crippen LogP contribution in [-0.2, 0) is 15.7 Å². The van der Waals surface area contributed by atoms with Gasteiger partial charge in [0.05, 0.1) is 24.7 Å². The molecule has 0 unspecified atom stereocenters. The highest BCUT2D eigenvalue weighted by molar-refractivity contribution is 5.65. The van der Waals surface area contributed by atoms with Crippen molar-refractivity contribution in [1.29, 1.82) is 0 Å². The van der Waals surface area contributed by atoms with Gasteiger partial charge in [0, 0.05) is 23.1 Å². The normalized spacial score (nSPS) is 23.8. The van der Waals surface area contributed by atoms with Crippen molar-refractivity contribution in [3.05, 3.63) is 89.0 Å². The number of hydrogen-bond acceptors (Lipinski definition) is 3. The summed E-state index contributed by atoms with van der Waals surface area (Å²) in [6.45, 7) is 3.31. The van der Waals surface area contributed by atoms with E-state index in [1.807, 2.05) is 31.2 Å². The third-order valence-corrected chi connectivity index (χ3v) is 7.73. The van der Waals surface area contributed by atoms with E-state index < -0.39 is 47.4 Å². The molecule has 1 saturated heterocycles. The fourth-order valence-electron chi connectivity index (χ4n) is 5.43. The standard InChI is InChI=1S/C31H29F7O3/c1-18-16-39-29(40-17-18)21-4-2-19(3-5-21)20-6-9-23(10-7-20)31(37,38)41-24-11-12-25(27(32)15-24)22-8-13-26(28(33)14-22)30(34,35)36/h2-5,8,11-15,18,20,23,29H,6-7,9-10,16-17H2,1H3. The van der Waals surface area contributed by atoms with Gasteiger partial charge >= 0.3 is 12.3 Å². The average Bonchev–Trinajstić information content (AvgIpc) is 2.93. The lowest BCUT2D eigenvalue weighted by molar-refractivity contribution is -0.222. The van der Waals surface area contributed by atoms with Crippen molar-refractivity contribution in [2.75, 3.05) is 13.2 Å². The third kappa shape index (κ3) is 6.70. The molecule has 3 nitrogen and oxygen atoms in total. The van der Waals surface area contributed by atoms with E-state index in [4.69, 9.17) is 14.2 Å². The van der Waals surface area contributed by atoms with Crippen molar-refractivity contribution >= 4 is 0 Å². The Balaban J connectivity index is 1.19. The smallest absolute Gasteiger partial charge is 0.419 e. The van der Waals surface area contributed by atoms with Gasteiger partial charge in [-0.3, -0.25) is 0 Å². The number of ether oxygens (including phenoxy) is 3. The molecule has 41 heavy (non-hydrogen) atoms. The number of alkyl halides is 5. The molecule has 220 valence electrons. The van der Waals surface area contributed by atoms with Crippen molar-refractivity contribution in [3.63, 3.8) is 0 Å². The molecule has 5 rings (SSSR count). The Hall–Kier alpha value is -3.11. The molecule has 2 aliphatic rings. The lowest BCUT2D eigenvalue weighted by Crippen LogP contribution is -2.37. The average molecular weight is 583 g/mol. The summed E-state index contributed by atoms with van der Waals surface area (Å²) in [5.74, 6) is -3.62. The van der Waals surface area contributed by atoms with E-state index in [2.05, 4.69) is 0 Å². The number of rotatable bonds is 6. The summed E-state index contributed by atoms with van der Waals surface area (Å²) in [5.41, 5.74) is 0.0855. The van der Waals surface area contributed by atoms with E-state index in [0.717, 1.165) is 35.4 Å². The quantitative estimate of drug-likeness (QED) is 0.271. The van der Waals surface area contributed by atoms with Gasteiger partial charge in [0.2, 0.25) is 0 Å². The molecule has 1 heterocycles. The Morgan fingerprint density at radius 1 is 0.732 bits per heavy atom. The van der Waals surface area contributed by atoms with Crippen molar-refractivity contribution < 1.29 is 44.9 Å². The molecule has 0 spiro atoms. The van der Waals surface area contributed by atoms with Crippen LogP contribution in [-0.4, -0.2) is 19.3 Å². The van der Waals surface area contributed by atoms with Gasteiger partial charge in [-0.1, -0.05) is 37.3 Å². The van der Waals surface area contributed by atoms with Crippen LogP contribution in [0.25, 0.3) is 11.1 Å². The molecule has 0 N–H and O–H groups in total. The Kier molecular flexibility index (Phi) is 8.34. The predicted octanol–water partition coefficient (Wildman–Crippen LogP) is 9.28. The lowest BCUT2D eigenvalue weighted by Gasteiger charge is -2.33. The fraction of sp³-hybridized carbons (Fsp3) is 0.419. The summed E-state index contributed by atoms with van der Waals surface area (Å²) >= 11 is 0. The first kappa shape index (κ1) is 29.4. The van der Waals surface area contributed by atoms with Gasteiger partial charge in [0.1, 0.15) is 17.4 Å². The van der Waals surface area contributed by atoms with Crippen LogP contribution in [0.1, 0.15) is 61.5 Å². The minimum Gasteiger partial charge on any atom is -0.432 e. The van der Waals surface area contributed by atoms with Gasteiger partial charge in [0.15, 0.2) is 6.29 Å². The van der Waals surface area contributed by atoms with Crippen LogP contribution in [0.3, 0.4) is 0 Å².